The molecule has 2 nitrogen and oxygen atoms in total. The van der Waals surface area contributed by atoms with Crippen molar-refractivity contribution < 1.29 is 9.13 Å². The van der Waals surface area contributed by atoms with E-state index >= 15 is 0 Å². The van der Waals surface area contributed by atoms with Gasteiger partial charge >= 0.3 is 0 Å². The molecule has 1 aliphatic heterocycles. The van der Waals surface area contributed by atoms with Gasteiger partial charge in [-0.1, -0.05) is 30.1 Å². The summed E-state index contributed by atoms with van der Waals surface area (Å²) in [6, 6.07) is 3.46. The zero-order valence-corrected chi connectivity index (χ0v) is 11.7. The summed E-state index contributed by atoms with van der Waals surface area (Å²) in [5.74, 6) is -0.567. The Balaban J connectivity index is 2.05. The molecular weight excluding hydrogens is 276 g/mol. The molecule has 5 heteroatoms. The maximum Gasteiger partial charge on any atom is 0.160 e. The summed E-state index contributed by atoms with van der Waals surface area (Å²) in [4.78, 5) is 0. The summed E-state index contributed by atoms with van der Waals surface area (Å²) in [6.07, 6.45) is 3.18. The van der Waals surface area contributed by atoms with Crippen LogP contribution in [0.3, 0.4) is 0 Å². The molecule has 2 unspecified atom stereocenters. The minimum absolute atomic E-state index is 0.0455. The molecule has 0 radical (unpaired) electrons. The zero-order chi connectivity index (χ0) is 13.1. The largest absolute Gasteiger partial charge is 0.382 e. The number of benzene rings is 1. The third kappa shape index (κ3) is 3.28. The maximum absolute atomic E-state index is 13.3. The quantitative estimate of drug-likeness (QED) is 0.828. The number of hydrogen-bond donors (Lipinski definition) is 1. The Morgan fingerprint density at radius 1 is 1.39 bits per heavy atom. The molecule has 18 heavy (non-hydrogen) atoms. The molecule has 0 saturated carbocycles. The van der Waals surface area contributed by atoms with Crippen LogP contribution in [-0.2, 0) is 4.74 Å². The summed E-state index contributed by atoms with van der Waals surface area (Å²) in [6.45, 7) is 2.86. The summed E-state index contributed by atoms with van der Waals surface area (Å²) < 4.78 is 18.9. The van der Waals surface area contributed by atoms with Crippen LogP contribution in [0.5, 0.6) is 0 Å². The SMILES string of the molecule is CCC1CC(Nc2cc(Cl)c(F)c(Cl)c2)CCO1. The second kappa shape index (κ2) is 6.09. The smallest absolute Gasteiger partial charge is 0.160 e. The lowest BCUT2D eigenvalue weighted by Crippen LogP contribution is -2.33. The van der Waals surface area contributed by atoms with E-state index in [1.807, 2.05) is 0 Å². The van der Waals surface area contributed by atoms with E-state index in [1.54, 1.807) is 12.1 Å². The van der Waals surface area contributed by atoms with Crippen LogP contribution in [-0.4, -0.2) is 18.8 Å². The van der Waals surface area contributed by atoms with Crippen LogP contribution in [0.4, 0.5) is 10.1 Å². The highest BCUT2D eigenvalue weighted by Crippen LogP contribution is 2.29. The van der Waals surface area contributed by atoms with Gasteiger partial charge in [-0.2, -0.15) is 0 Å². The van der Waals surface area contributed by atoms with Crippen molar-refractivity contribution in [2.24, 2.45) is 0 Å². The van der Waals surface area contributed by atoms with Crippen molar-refractivity contribution in [3.8, 4) is 0 Å². The van der Waals surface area contributed by atoms with E-state index in [2.05, 4.69) is 12.2 Å². The number of halogens is 3. The molecule has 100 valence electrons. The van der Waals surface area contributed by atoms with E-state index in [-0.39, 0.29) is 10.0 Å². The van der Waals surface area contributed by atoms with Gasteiger partial charge in [-0.05, 0) is 31.4 Å². The first-order valence-corrected chi connectivity index (χ1v) is 6.88. The zero-order valence-electron chi connectivity index (χ0n) is 10.2. The Kier molecular flexibility index (Phi) is 4.71. The minimum Gasteiger partial charge on any atom is -0.382 e. The van der Waals surface area contributed by atoms with E-state index in [1.165, 1.54) is 0 Å². The van der Waals surface area contributed by atoms with Crippen molar-refractivity contribution in [3.63, 3.8) is 0 Å². The highest BCUT2D eigenvalue weighted by molar-refractivity contribution is 6.35. The highest BCUT2D eigenvalue weighted by Gasteiger charge is 2.21. The summed E-state index contributed by atoms with van der Waals surface area (Å²) in [5.41, 5.74) is 0.758. The first-order valence-electron chi connectivity index (χ1n) is 6.12. The fraction of sp³-hybridized carbons (Fsp3) is 0.538. The first kappa shape index (κ1) is 13.9. The lowest BCUT2D eigenvalue weighted by molar-refractivity contribution is 0.00925. The average Bonchev–Trinajstić information content (AvgIpc) is 2.36. The van der Waals surface area contributed by atoms with Crippen molar-refractivity contribution in [3.05, 3.63) is 28.0 Å². The van der Waals surface area contributed by atoms with Gasteiger partial charge in [0.25, 0.3) is 0 Å². The topological polar surface area (TPSA) is 21.3 Å². The summed E-state index contributed by atoms with van der Waals surface area (Å²) in [7, 11) is 0. The fourth-order valence-electron chi connectivity index (χ4n) is 2.17. The molecule has 1 heterocycles. The van der Waals surface area contributed by atoms with Gasteiger partial charge in [-0.25, -0.2) is 4.39 Å². The predicted molar refractivity (Wildman–Crippen MR) is 73.1 cm³/mol. The van der Waals surface area contributed by atoms with Gasteiger partial charge in [0.05, 0.1) is 16.1 Å². The molecule has 1 saturated heterocycles. The molecule has 0 bridgehead atoms. The molecule has 1 fully saturated rings. The molecule has 0 aliphatic carbocycles. The molecule has 1 aromatic rings. The Bertz CT molecular complexity index is 404. The summed E-state index contributed by atoms with van der Waals surface area (Å²) in [5, 5.41) is 3.43. The third-order valence-electron chi connectivity index (χ3n) is 3.18. The normalized spacial score (nSPS) is 24.0. The van der Waals surface area contributed by atoms with Gasteiger partial charge in [0.1, 0.15) is 0 Å². The van der Waals surface area contributed by atoms with Crippen molar-refractivity contribution in [2.75, 3.05) is 11.9 Å². The molecule has 1 aromatic carbocycles. The minimum atomic E-state index is -0.567. The maximum atomic E-state index is 13.3. The number of anilines is 1. The molecule has 0 aromatic heterocycles. The van der Waals surface area contributed by atoms with Crippen LogP contribution < -0.4 is 5.32 Å². The van der Waals surface area contributed by atoms with Gasteiger partial charge < -0.3 is 10.1 Å². The van der Waals surface area contributed by atoms with Crippen LogP contribution in [0.2, 0.25) is 10.0 Å². The molecule has 1 aliphatic rings. The number of ether oxygens (including phenoxy) is 1. The molecule has 0 spiro atoms. The summed E-state index contributed by atoms with van der Waals surface area (Å²) >= 11 is 11.5. The van der Waals surface area contributed by atoms with E-state index in [0.717, 1.165) is 31.6 Å². The first-order chi connectivity index (χ1) is 8.60. The van der Waals surface area contributed by atoms with Crippen molar-refractivity contribution in [1.82, 2.24) is 0 Å². The Morgan fingerprint density at radius 3 is 2.67 bits per heavy atom. The fourth-order valence-corrected chi connectivity index (χ4v) is 2.66. The van der Waals surface area contributed by atoms with E-state index in [0.29, 0.717) is 12.1 Å². The van der Waals surface area contributed by atoms with Gasteiger partial charge in [-0.3, -0.25) is 0 Å². The second-order valence-corrected chi connectivity index (χ2v) is 5.33. The van der Waals surface area contributed by atoms with Gasteiger partial charge in [0.15, 0.2) is 5.82 Å². The van der Waals surface area contributed by atoms with Crippen LogP contribution in [0.1, 0.15) is 26.2 Å². The molecule has 2 rings (SSSR count). The number of nitrogens with one attached hydrogen (secondary N) is 1. The molecular formula is C13H16Cl2FNO. The van der Waals surface area contributed by atoms with Gasteiger partial charge in [-0.15, -0.1) is 0 Å². The Morgan fingerprint density at radius 2 is 2.06 bits per heavy atom. The van der Waals surface area contributed by atoms with E-state index < -0.39 is 5.82 Å². The van der Waals surface area contributed by atoms with Crippen LogP contribution >= 0.6 is 23.2 Å². The second-order valence-electron chi connectivity index (χ2n) is 4.52. The number of rotatable bonds is 3. The highest BCUT2D eigenvalue weighted by atomic mass is 35.5. The lowest BCUT2D eigenvalue weighted by Gasteiger charge is -2.30. The van der Waals surface area contributed by atoms with Crippen molar-refractivity contribution in [1.29, 1.82) is 0 Å². The third-order valence-corrected chi connectivity index (χ3v) is 3.73. The Labute approximate surface area is 116 Å². The van der Waals surface area contributed by atoms with Crippen molar-refractivity contribution >= 4 is 28.9 Å². The monoisotopic (exact) mass is 291 g/mol. The van der Waals surface area contributed by atoms with Gasteiger partial charge in [0.2, 0.25) is 0 Å². The van der Waals surface area contributed by atoms with Crippen molar-refractivity contribution in [2.45, 2.75) is 38.3 Å². The molecule has 2 atom stereocenters. The number of hydrogen-bond acceptors (Lipinski definition) is 2. The van der Waals surface area contributed by atoms with E-state index in [4.69, 9.17) is 27.9 Å². The predicted octanol–water partition coefficient (Wildman–Crippen LogP) is 4.50. The Hall–Kier alpha value is -0.510. The van der Waals surface area contributed by atoms with Crippen LogP contribution in [0, 0.1) is 5.82 Å². The lowest BCUT2D eigenvalue weighted by atomic mass is 10.0. The van der Waals surface area contributed by atoms with Gasteiger partial charge in [0, 0.05) is 18.3 Å². The standard InChI is InChI=1S/C13H16Cl2FNO/c1-2-10-5-8(3-4-18-10)17-9-6-11(14)13(16)12(15)7-9/h6-8,10,17H,2-5H2,1H3. The van der Waals surface area contributed by atoms with Crippen LogP contribution in [0.15, 0.2) is 12.1 Å². The van der Waals surface area contributed by atoms with E-state index in [9.17, 15) is 4.39 Å². The van der Waals surface area contributed by atoms with Crippen LogP contribution in [0.25, 0.3) is 0 Å². The average molecular weight is 292 g/mol. The molecule has 0 amide bonds. The molecule has 1 N–H and O–H groups in total.